The molecule has 4 nitrogen and oxygen atoms in total. The van der Waals surface area contributed by atoms with Gasteiger partial charge >= 0.3 is 0 Å². The number of hydrogen-bond donors (Lipinski definition) is 0. The summed E-state index contributed by atoms with van der Waals surface area (Å²) in [4.78, 5) is 25.2. The number of carbonyl (C=O) groups is 2. The lowest BCUT2D eigenvalue weighted by Gasteiger charge is -2.14. The second-order valence-electron chi connectivity index (χ2n) is 4.69. The topological polar surface area (TPSA) is 42.3 Å². The van der Waals surface area contributed by atoms with Gasteiger partial charge in [-0.05, 0) is 26.3 Å². The first kappa shape index (κ1) is 11.9. The van der Waals surface area contributed by atoms with E-state index in [1.807, 2.05) is 31.5 Å². The summed E-state index contributed by atoms with van der Waals surface area (Å²) in [6, 6.07) is 1.90. The standard InChI is InChI=1S/C13H18N2O2/c1-9-7-11(10(2)14(9)3)12(16)8-15-6-4-5-13(15)17/h7H,4-6,8H2,1-3H3. The van der Waals surface area contributed by atoms with Gasteiger partial charge in [-0.15, -0.1) is 0 Å². The average molecular weight is 234 g/mol. The summed E-state index contributed by atoms with van der Waals surface area (Å²) in [5, 5.41) is 0. The first-order valence-corrected chi connectivity index (χ1v) is 5.94. The molecule has 0 N–H and O–H groups in total. The Labute approximate surface area is 101 Å². The minimum absolute atomic E-state index is 0.0430. The molecule has 2 rings (SSSR count). The molecule has 0 saturated carbocycles. The molecule has 0 bridgehead atoms. The van der Waals surface area contributed by atoms with Crippen molar-refractivity contribution in [2.45, 2.75) is 26.7 Å². The second-order valence-corrected chi connectivity index (χ2v) is 4.69. The predicted molar refractivity (Wildman–Crippen MR) is 65.0 cm³/mol. The van der Waals surface area contributed by atoms with Gasteiger partial charge in [0.1, 0.15) is 0 Å². The molecule has 1 amide bonds. The highest BCUT2D eigenvalue weighted by atomic mass is 16.2. The van der Waals surface area contributed by atoms with Crippen LogP contribution in [0, 0.1) is 13.8 Å². The van der Waals surface area contributed by atoms with Crippen molar-refractivity contribution in [3.63, 3.8) is 0 Å². The van der Waals surface area contributed by atoms with E-state index < -0.39 is 0 Å². The lowest BCUT2D eigenvalue weighted by atomic mass is 10.1. The molecule has 1 fully saturated rings. The van der Waals surface area contributed by atoms with Gasteiger partial charge in [0.15, 0.2) is 5.78 Å². The molecule has 0 unspecified atom stereocenters. The van der Waals surface area contributed by atoms with Crippen molar-refractivity contribution < 1.29 is 9.59 Å². The fraction of sp³-hybridized carbons (Fsp3) is 0.538. The fourth-order valence-electron chi connectivity index (χ4n) is 2.27. The number of ketones is 1. The molecule has 0 aliphatic carbocycles. The van der Waals surface area contributed by atoms with Crippen LogP contribution in [0.1, 0.15) is 34.6 Å². The monoisotopic (exact) mass is 234 g/mol. The number of amides is 1. The maximum absolute atomic E-state index is 12.1. The van der Waals surface area contributed by atoms with Crippen molar-refractivity contribution in [1.29, 1.82) is 0 Å². The average Bonchev–Trinajstić information content (AvgIpc) is 2.79. The summed E-state index contributed by atoms with van der Waals surface area (Å²) in [5.41, 5.74) is 2.78. The van der Waals surface area contributed by atoms with Gasteiger partial charge in [0.25, 0.3) is 0 Å². The number of likely N-dealkylation sites (tertiary alicyclic amines) is 1. The van der Waals surface area contributed by atoms with Gasteiger partial charge in [-0.1, -0.05) is 0 Å². The molecular formula is C13H18N2O2. The van der Waals surface area contributed by atoms with Crippen LogP contribution in [0.25, 0.3) is 0 Å². The Morgan fingerprint density at radius 3 is 2.59 bits per heavy atom. The van der Waals surface area contributed by atoms with Crippen LogP contribution in [0.2, 0.25) is 0 Å². The number of Topliss-reactive ketones (excluding diaryl/α,β-unsaturated/α-hetero) is 1. The van der Waals surface area contributed by atoms with Crippen molar-refractivity contribution in [2.75, 3.05) is 13.1 Å². The van der Waals surface area contributed by atoms with Crippen molar-refractivity contribution >= 4 is 11.7 Å². The van der Waals surface area contributed by atoms with E-state index in [0.717, 1.165) is 29.9 Å². The van der Waals surface area contributed by atoms with Gasteiger partial charge in [0.2, 0.25) is 5.91 Å². The molecule has 0 radical (unpaired) electrons. The van der Waals surface area contributed by atoms with Crippen molar-refractivity contribution in [3.8, 4) is 0 Å². The van der Waals surface area contributed by atoms with E-state index in [4.69, 9.17) is 0 Å². The Balaban J connectivity index is 2.14. The summed E-state index contributed by atoms with van der Waals surface area (Å²) >= 11 is 0. The van der Waals surface area contributed by atoms with E-state index in [-0.39, 0.29) is 18.2 Å². The Bertz CT molecular complexity index is 474. The molecule has 92 valence electrons. The van der Waals surface area contributed by atoms with Crippen molar-refractivity contribution in [1.82, 2.24) is 9.47 Å². The Morgan fingerprint density at radius 1 is 1.41 bits per heavy atom. The number of aryl methyl sites for hydroxylation is 1. The largest absolute Gasteiger partial charge is 0.351 e. The molecule has 4 heteroatoms. The highest BCUT2D eigenvalue weighted by Gasteiger charge is 2.24. The minimum atomic E-state index is 0.0430. The number of carbonyl (C=O) groups excluding carboxylic acids is 2. The molecule has 0 atom stereocenters. The van der Waals surface area contributed by atoms with Crippen molar-refractivity contribution in [2.24, 2.45) is 7.05 Å². The van der Waals surface area contributed by atoms with Gasteiger partial charge in [-0.2, -0.15) is 0 Å². The van der Waals surface area contributed by atoms with E-state index in [1.54, 1.807) is 4.90 Å². The van der Waals surface area contributed by atoms with Gasteiger partial charge in [-0.25, -0.2) is 0 Å². The summed E-state index contributed by atoms with van der Waals surface area (Å²) in [5.74, 6) is 0.144. The number of hydrogen-bond acceptors (Lipinski definition) is 2. The van der Waals surface area contributed by atoms with E-state index in [1.165, 1.54) is 0 Å². The number of rotatable bonds is 3. The lowest BCUT2D eigenvalue weighted by Crippen LogP contribution is -2.30. The quantitative estimate of drug-likeness (QED) is 0.743. The second kappa shape index (κ2) is 4.35. The normalized spacial score (nSPS) is 15.7. The zero-order valence-electron chi connectivity index (χ0n) is 10.6. The van der Waals surface area contributed by atoms with Crippen LogP contribution in [0.4, 0.5) is 0 Å². The fourth-order valence-corrected chi connectivity index (χ4v) is 2.27. The molecule has 0 aromatic carbocycles. The van der Waals surface area contributed by atoms with Crippen molar-refractivity contribution in [3.05, 3.63) is 23.0 Å². The van der Waals surface area contributed by atoms with Gasteiger partial charge < -0.3 is 9.47 Å². The molecule has 1 aromatic rings. The summed E-state index contributed by atoms with van der Waals surface area (Å²) in [7, 11) is 1.95. The minimum Gasteiger partial charge on any atom is -0.351 e. The van der Waals surface area contributed by atoms with Crippen LogP contribution >= 0.6 is 0 Å². The molecule has 1 aliphatic heterocycles. The SMILES string of the molecule is Cc1cc(C(=O)CN2CCCC2=O)c(C)n1C. The van der Waals surface area contributed by atoms with Gasteiger partial charge in [-0.3, -0.25) is 9.59 Å². The summed E-state index contributed by atoms with van der Waals surface area (Å²) < 4.78 is 2.00. The lowest BCUT2D eigenvalue weighted by molar-refractivity contribution is -0.127. The third-order valence-electron chi connectivity index (χ3n) is 3.58. The Kier molecular flexibility index (Phi) is 3.05. The number of nitrogens with zero attached hydrogens (tertiary/aromatic N) is 2. The van der Waals surface area contributed by atoms with Crippen LogP contribution in [-0.4, -0.2) is 34.2 Å². The molecule has 2 heterocycles. The maximum atomic E-state index is 12.1. The highest BCUT2D eigenvalue weighted by molar-refractivity contribution is 6.00. The van der Waals surface area contributed by atoms with Crippen LogP contribution in [0.5, 0.6) is 0 Å². The molecule has 1 aliphatic rings. The predicted octanol–water partition coefficient (Wildman–Crippen LogP) is 1.45. The Morgan fingerprint density at radius 2 is 2.12 bits per heavy atom. The third-order valence-corrected chi connectivity index (χ3v) is 3.58. The van der Waals surface area contributed by atoms with E-state index >= 15 is 0 Å². The molecular weight excluding hydrogens is 216 g/mol. The first-order chi connectivity index (χ1) is 8.00. The molecule has 0 spiro atoms. The van der Waals surface area contributed by atoms with Crippen LogP contribution in [-0.2, 0) is 11.8 Å². The Hall–Kier alpha value is -1.58. The third kappa shape index (κ3) is 2.12. The molecule has 1 saturated heterocycles. The van der Waals surface area contributed by atoms with Crippen LogP contribution in [0.3, 0.4) is 0 Å². The van der Waals surface area contributed by atoms with Crippen LogP contribution in [0.15, 0.2) is 6.07 Å². The smallest absolute Gasteiger partial charge is 0.223 e. The maximum Gasteiger partial charge on any atom is 0.223 e. The van der Waals surface area contributed by atoms with Gasteiger partial charge in [0.05, 0.1) is 6.54 Å². The van der Waals surface area contributed by atoms with Gasteiger partial charge in [0, 0.05) is 37.0 Å². The van der Waals surface area contributed by atoms with E-state index in [0.29, 0.717) is 6.42 Å². The zero-order chi connectivity index (χ0) is 12.6. The first-order valence-electron chi connectivity index (χ1n) is 5.94. The zero-order valence-corrected chi connectivity index (χ0v) is 10.6. The van der Waals surface area contributed by atoms with E-state index in [2.05, 4.69) is 0 Å². The molecule has 1 aromatic heterocycles. The van der Waals surface area contributed by atoms with Crippen LogP contribution < -0.4 is 0 Å². The van der Waals surface area contributed by atoms with E-state index in [9.17, 15) is 9.59 Å². The summed E-state index contributed by atoms with van der Waals surface area (Å²) in [6.07, 6.45) is 1.46. The molecule has 17 heavy (non-hydrogen) atoms. The highest BCUT2D eigenvalue weighted by Crippen LogP contribution is 2.16. The number of aromatic nitrogens is 1. The summed E-state index contributed by atoms with van der Waals surface area (Å²) in [6.45, 7) is 4.86.